The Morgan fingerprint density at radius 2 is 1.76 bits per heavy atom. The van der Waals surface area contributed by atoms with Crippen molar-refractivity contribution < 1.29 is 14.9 Å². The van der Waals surface area contributed by atoms with Gasteiger partial charge in [-0.25, -0.2) is 0 Å². The van der Waals surface area contributed by atoms with Gasteiger partial charge >= 0.3 is 0 Å². The third kappa shape index (κ3) is 4.45. The second-order valence-electron chi connectivity index (χ2n) is 5.22. The minimum absolute atomic E-state index is 0.0898. The molecule has 116 valence electrons. The largest absolute Gasteiger partial charge is 0.492 e. The summed E-state index contributed by atoms with van der Waals surface area (Å²) in [6.45, 7) is 6.00. The predicted octanol–water partition coefficient (Wildman–Crippen LogP) is 3.51. The van der Waals surface area contributed by atoms with Crippen molar-refractivity contribution in [3.8, 4) is 5.75 Å². The fourth-order valence-electron chi connectivity index (χ4n) is 2.05. The molecule has 3 heteroatoms. The molecule has 0 aliphatic carbocycles. The predicted molar refractivity (Wildman–Crippen MR) is 88.2 cm³/mol. The second-order valence-corrected chi connectivity index (χ2v) is 5.22. The fraction of sp³-hybridized carbons (Fsp3) is 0.444. The molecule has 0 fully saturated rings. The minimum atomic E-state index is -0.593. The topological polar surface area (TPSA) is 49.7 Å². The Bertz CT molecular complexity index is 477. The highest BCUT2D eigenvalue weighted by Crippen LogP contribution is 2.28. The lowest BCUT2D eigenvalue weighted by Gasteiger charge is -2.28. The van der Waals surface area contributed by atoms with E-state index in [1.54, 1.807) is 0 Å². The van der Waals surface area contributed by atoms with Crippen LogP contribution in [0.1, 0.15) is 38.3 Å². The molecule has 0 bridgehead atoms. The van der Waals surface area contributed by atoms with E-state index in [0.29, 0.717) is 13.0 Å². The zero-order chi connectivity index (χ0) is 15.7. The van der Waals surface area contributed by atoms with E-state index in [0.717, 1.165) is 16.9 Å². The maximum atomic E-state index is 9.50. The molecule has 0 spiro atoms. The lowest BCUT2D eigenvalue weighted by molar-refractivity contribution is 0.0114. The third-order valence-electron chi connectivity index (χ3n) is 3.73. The van der Waals surface area contributed by atoms with E-state index in [2.05, 4.69) is 0 Å². The van der Waals surface area contributed by atoms with Crippen molar-refractivity contribution in [3.05, 3.63) is 41.5 Å². The van der Waals surface area contributed by atoms with Gasteiger partial charge in [-0.05, 0) is 31.9 Å². The SMILES string of the molecule is CC=Cc1cccc(OCC(CC)(CO)CO)c1C=CC. The van der Waals surface area contributed by atoms with E-state index in [1.165, 1.54) is 0 Å². The summed E-state index contributed by atoms with van der Waals surface area (Å²) in [5.74, 6) is 0.767. The Hall–Kier alpha value is -1.58. The van der Waals surface area contributed by atoms with Gasteiger partial charge in [0.1, 0.15) is 5.75 Å². The van der Waals surface area contributed by atoms with Crippen molar-refractivity contribution in [1.82, 2.24) is 0 Å². The summed E-state index contributed by atoms with van der Waals surface area (Å²) in [6.07, 6.45) is 8.67. The standard InChI is InChI=1S/C18H26O3/c1-4-8-15-10-7-11-17(16(15)9-5-2)21-14-18(6-3,12-19)13-20/h4-5,7-11,19-20H,6,12-14H2,1-3H3. The number of ether oxygens (including phenoxy) is 1. The number of hydrogen-bond acceptors (Lipinski definition) is 3. The van der Waals surface area contributed by atoms with Crippen LogP contribution in [0.15, 0.2) is 30.4 Å². The Morgan fingerprint density at radius 1 is 1.10 bits per heavy atom. The molecule has 0 aliphatic rings. The first-order valence-corrected chi connectivity index (χ1v) is 7.39. The molecular formula is C18H26O3. The summed E-state index contributed by atoms with van der Waals surface area (Å²) in [6, 6.07) is 5.90. The van der Waals surface area contributed by atoms with Crippen LogP contribution in [0.5, 0.6) is 5.75 Å². The van der Waals surface area contributed by atoms with Crippen LogP contribution < -0.4 is 4.74 Å². The molecule has 21 heavy (non-hydrogen) atoms. The van der Waals surface area contributed by atoms with Gasteiger partial charge in [0.05, 0.1) is 25.2 Å². The Kier molecular flexibility index (Phi) is 7.20. The smallest absolute Gasteiger partial charge is 0.127 e. The highest BCUT2D eigenvalue weighted by atomic mass is 16.5. The van der Waals surface area contributed by atoms with Gasteiger partial charge < -0.3 is 14.9 Å². The Labute approximate surface area is 127 Å². The normalized spacial score (nSPS) is 12.4. The molecule has 0 radical (unpaired) electrons. The van der Waals surface area contributed by atoms with Gasteiger partial charge in [0.25, 0.3) is 0 Å². The molecule has 0 atom stereocenters. The minimum Gasteiger partial charge on any atom is -0.492 e. The van der Waals surface area contributed by atoms with Gasteiger partial charge in [-0.2, -0.15) is 0 Å². The van der Waals surface area contributed by atoms with Crippen molar-refractivity contribution in [3.63, 3.8) is 0 Å². The van der Waals surface area contributed by atoms with Gasteiger partial charge in [0.2, 0.25) is 0 Å². The van der Waals surface area contributed by atoms with Crippen molar-refractivity contribution in [2.75, 3.05) is 19.8 Å². The summed E-state index contributed by atoms with van der Waals surface area (Å²) in [4.78, 5) is 0. The van der Waals surface area contributed by atoms with E-state index in [-0.39, 0.29) is 13.2 Å². The molecule has 0 heterocycles. The van der Waals surface area contributed by atoms with Crippen LogP contribution in [0.4, 0.5) is 0 Å². The molecule has 3 nitrogen and oxygen atoms in total. The summed E-state index contributed by atoms with van der Waals surface area (Å²) >= 11 is 0. The zero-order valence-corrected chi connectivity index (χ0v) is 13.2. The first-order valence-electron chi connectivity index (χ1n) is 7.39. The summed E-state index contributed by atoms with van der Waals surface area (Å²) in [7, 11) is 0. The second kappa shape index (κ2) is 8.65. The van der Waals surface area contributed by atoms with Crippen molar-refractivity contribution in [1.29, 1.82) is 0 Å². The zero-order valence-electron chi connectivity index (χ0n) is 13.2. The highest BCUT2D eigenvalue weighted by molar-refractivity contribution is 5.69. The average molecular weight is 290 g/mol. The van der Waals surface area contributed by atoms with Gasteiger partial charge in [0.15, 0.2) is 0 Å². The molecule has 0 unspecified atom stereocenters. The van der Waals surface area contributed by atoms with Crippen LogP contribution in [0.2, 0.25) is 0 Å². The number of aliphatic hydroxyl groups excluding tert-OH is 2. The van der Waals surface area contributed by atoms with E-state index < -0.39 is 5.41 Å². The van der Waals surface area contributed by atoms with Crippen LogP contribution in [-0.2, 0) is 0 Å². The Morgan fingerprint density at radius 3 is 2.29 bits per heavy atom. The van der Waals surface area contributed by atoms with E-state index in [9.17, 15) is 10.2 Å². The van der Waals surface area contributed by atoms with E-state index in [4.69, 9.17) is 4.74 Å². The molecule has 1 rings (SSSR count). The number of allylic oxidation sites excluding steroid dienone is 2. The molecule has 0 amide bonds. The van der Waals surface area contributed by atoms with Crippen molar-refractivity contribution in [2.45, 2.75) is 27.2 Å². The number of benzene rings is 1. The van der Waals surface area contributed by atoms with E-state index >= 15 is 0 Å². The number of aliphatic hydroxyl groups is 2. The molecular weight excluding hydrogens is 264 g/mol. The summed E-state index contributed by atoms with van der Waals surface area (Å²) < 4.78 is 5.91. The van der Waals surface area contributed by atoms with Gasteiger partial charge in [-0.15, -0.1) is 0 Å². The van der Waals surface area contributed by atoms with Crippen LogP contribution >= 0.6 is 0 Å². The molecule has 1 aromatic rings. The average Bonchev–Trinajstić information content (AvgIpc) is 2.52. The molecule has 0 aliphatic heterocycles. The molecule has 0 saturated heterocycles. The molecule has 2 N–H and O–H groups in total. The fourth-order valence-corrected chi connectivity index (χ4v) is 2.05. The van der Waals surface area contributed by atoms with E-state index in [1.807, 2.05) is 63.3 Å². The summed E-state index contributed by atoms with van der Waals surface area (Å²) in [5, 5.41) is 19.0. The van der Waals surface area contributed by atoms with Crippen LogP contribution in [0.3, 0.4) is 0 Å². The first kappa shape index (κ1) is 17.5. The van der Waals surface area contributed by atoms with Crippen molar-refractivity contribution >= 4 is 12.2 Å². The monoisotopic (exact) mass is 290 g/mol. The van der Waals surface area contributed by atoms with Gasteiger partial charge in [-0.1, -0.05) is 43.4 Å². The summed E-state index contributed by atoms with van der Waals surface area (Å²) in [5.41, 5.74) is 1.51. The molecule has 0 aromatic heterocycles. The number of rotatable bonds is 8. The lowest BCUT2D eigenvalue weighted by atomic mass is 9.88. The third-order valence-corrected chi connectivity index (χ3v) is 3.73. The lowest BCUT2D eigenvalue weighted by Crippen LogP contribution is -2.35. The highest BCUT2D eigenvalue weighted by Gasteiger charge is 2.28. The van der Waals surface area contributed by atoms with Gasteiger partial charge in [-0.3, -0.25) is 0 Å². The number of hydrogen-bond donors (Lipinski definition) is 2. The maximum absolute atomic E-state index is 9.50. The van der Waals surface area contributed by atoms with Gasteiger partial charge in [0, 0.05) is 5.56 Å². The molecule has 1 aromatic carbocycles. The first-order chi connectivity index (χ1) is 10.2. The van der Waals surface area contributed by atoms with Crippen LogP contribution in [-0.4, -0.2) is 30.0 Å². The van der Waals surface area contributed by atoms with Crippen LogP contribution in [0.25, 0.3) is 12.2 Å². The van der Waals surface area contributed by atoms with Crippen molar-refractivity contribution in [2.24, 2.45) is 5.41 Å². The molecule has 0 saturated carbocycles. The Balaban J connectivity index is 3.05. The maximum Gasteiger partial charge on any atom is 0.127 e. The quantitative estimate of drug-likeness (QED) is 0.770. The van der Waals surface area contributed by atoms with Crippen LogP contribution in [0, 0.1) is 5.41 Å².